The van der Waals surface area contributed by atoms with Gasteiger partial charge in [0.25, 0.3) is 0 Å². The number of aromatic nitrogens is 2. The van der Waals surface area contributed by atoms with Crippen LogP contribution < -0.4 is 0 Å². The quantitative estimate of drug-likeness (QED) is 0.188. The summed E-state index contributed by atoms with van der Waals surface area (Å²) < 4.78 is 12.4. The van der Waals surface area contributed by atoms with Gasteiger partial charge in [-0.1, -0.05) is 121 Å². The van der Waals surface area contributed by atoms with Gasteiger partial charge in [0.2, 0.25) is 0 Å². The highest BCUT2D eigenvalue weighted by atomic mass is 16.3. The molecule has 4 nitrogen and oxygen atoms in total. The molecule has 0 aliphatic carbocycles. The molecule has 0 amide bonds. The summed E-state index contributed by atoms with van der Waals surface area (Å²) in [6.45, 7) is 0. The van der Waals surface area contributed by atoms with Crippen molar-refractivity contribution in [2.75, 3.05) is 0 Å². The van der Waals surface area contributed by atoms with E-state index in [1.807, 2.05) is 60.7 Å². The zero-order chi connectivity index (χ0) is 33.0. The van der Waals surface area contributed by atoms with Gasteiger partial charge in [-0.15, -0.1) is 0 Å². The fourth-order valence-corrected chi connectivity index (χ4v) is 7.05. The van der Waals surface area contributed by atoms with Gasteiger partial charge in [0, 0.05) is 38.2 Å². The minimum absolute atomic E-state index is 0.691. The molecule has 0 bridgehead atoms. The molecule has 0 aliphatic rings. The van der Waals surface area contributed by atoms with E-state index < -0.39 is 0 Å². The zero-order valence-electron chi connectivity index (χ0n) is 26.9. The van der Waals surface area contributed by atoms with Crippen LogP contribution in [0, 0.1) is 0 Å². The van der Waals surface area contributed by atoms with Crippen molar-refractivity contribution in [2.24, 2.45) is 0 Å². The lowest BCUT2D eigenvalue weighted by molar-refractivity contribution is 0.668. The van der Waals surface area contributed by atoms with E-state index in [4.69, 9.17) is 18.8 Å². The molecule has 10 aromatic rings. The molecule has 0 unspecified atom stereocenters. The molecule has 0 fully saturated rings. The number of fused-ring (bicyclic) bond motifs is 6. The van der Waals surface area contributed by atoms with Crippen molar-refractivity contribution in [1.29, 1.82) is 0 Å². The Morgan fingerprint density at radius 3 is 1.40 bits per heavy atom. The maximum atomic E-state index is 6.21. The highest BCUT2D eigenvalue weighted by Crippen LogP contribution is 2.41. The Morgan fingerprint density at radius 1 is 0.300 bits per heavy atom. The fraction of sp³-hybridized carbons (Fsp3) is 0. The molecule has 7 aromatic carbocycles. The number of hydrogen-bond donors (Lipinski definition) is 0. The van der Waals surface area contributed by atoms with Gasteiger partial charge in [-0.05, 0) is 70.8 Å². The van der Waals surface area contributed by atoms with Crippen LogP contribution in [0.2, 0.25) is 0 Å². The molecule has 0 saturated heterocycles. The lowest BCUT2D eigenvalue weighted by Gasteiger charge is -2.15. The van der Waals surface area contributed by atoms with Crippen LogP contribution in [-0.2, 0) is 0 Å². The van der Waals surface area contributed by atoms with Crippen LogP contribution in [0.3, 0.4) is 0 Å². The van der Waals surface area contributed by atoms with Gasteiger partial charge in [-0.25, -0.2) is 9.97 Å². The minimum Gasteiger partial charge on any atom is -0.456 e. The van der Waals surface area contributed by atoms with E-state index in [0.717, 1.165) is 94.2 Å². The average molecular weight is 641 g/mol. The Bertz CT molecular complexity index is 2810. The normalized spacial score (nSPS) is 11.6. The van der Waals surface area contributed by atoms with Crippen molar-refractivity contribution >= 4 is 43.9 Å². The van der Waals surface area contributed by atoms with Crippen molar-refractivity contribution in [3.63, 3.8) is 0 Å². The molecular weight excluding hydrogens is 613 g/mol. The third-order valence-corrected chi connectivity index (χ3v) is 9.52. The van der Waals surface area contributed by atoms with E-state index in [0.29, 0.717) is 5.82 Å². The van der Waals surface area contributed by atoms with Crippen LogP contribution in [0.1, 0.15) is 0 Å². The summed E-state index contributed by atoms with van der Waals surface area (Å²) in [4.78, 5) is 10.2. The third-order valence-electron chi connectivity index (χ3n) is 9.52. The smallest absolute Gasteiger partial charge is 0.160 e. The standard InChI is InChI=1S/C46H28N2O2/c1-3-11-29(12-4-1)40-28-41(48-46(47-40)30-13-5-2-6-14-30)33-19-22-34(31-20-23-44-38(25-31)35-15-7-9-17-42(35)49-44)37(27-33)32-21-24-45-39(26-32)36-16-8-10-18-43(36)50-45/h1-28H. The van der Waals surface area contributed by atoms with Gasteiger partial charge in [-0.3, -0.25) is 0 Å². The summed E-state index contributed by atoms with van der Waals surface area (Å²) >= 11 is 0. The predicted octanol–water partition coefficient (Wildman–Crippen LogP) is 12.6. The molecule has 0 saturated carbocycles. The molecule has 10 rings (SSSR count). The van der Waals surface area contributed by atoms with Gasteiger partial charge in [0.1, 0.15) is 22.3 Å². The van der Waals surface area contributed by atoms with Crippen molar-refractivity contribution in [2.45, 2.75) is 0 Å². The first-order chi connectivity index (χ1) is 24.7. The maximum Gasteiger partial charge on any atom is 0.160 e. The Labute approximate surface area is 287 Å². The largest absolute Gasteiger partial charge is 0.456 e. The third kappa shape index (κ3) is 4.77. The number of benzene rings is 7. The average Bonchev–Trinajstić information content (AvgIpc) is 3.76. The first-order valence-electron chi connectivity index (χ1n) is 16.7. The lowest BCUT2D eigenvalue weighted by Crippen LogP contribution is -1.96. The summed E-state index contributed by atoms with van der Waals surface area (Å²) in [6.07, 6.45) is 0. The van der Waals surface area contributed by atoms with Crippen molar-refractivity contribution < 1.29 is 8.83 Å². The van der Waals surface area contributed by atoms with Crippen LogP contribution in [0.4, 0.5) is 0 Å². The highest BCUT2D eigenvalue weighted by Gasteiger charge is 2.17. The fourth-order valence-electron chi connectivity index (χ4n) is 7.05. The Kier molecular flexibility index (Phi) is 6.46. The van der Waals surface area contributed by atoms with Gasteiger partial charge in [-0.2, -0.15) is 0 Å². The van der Waals surface area contributed by atoms with E-state index >= 15 is 0 Å². The van der Waals surface area contributed by atoms with E-state index in [1.54, 1.807) is 0 Å². The Balaban J connectivity index is 1.21. The van der Waals surface area contributed by atoms with Gasteiger partial charge in [0.15, 0.2) is 5.82 Å². The maximum absolute atomic E-state index is 6.21. The number of hydrogen-bond acceptors (Lipinski definition) is 4. The van der Waals surface area contributed by atoms with Gasteiger partial charge in [0.05, 0.1) is 11.4 Å². The number of furan rings is 2. The lowest BCUT2D eigenvalue weighted by atomic mass is 9.90. The molecule has 3 aromatic heterocycles. The topological polar surface area (TPSA) is 52.1 Å². The number of nitrogens with zero attached hydrogens (tertiary/aromatic N) is 2. The molecule has 234 valence electrons. The molecule has 3 heterocycles. The van der Waals surface area contributed by atoms with E-state index in [1.165, 1.54) is 0 Å². The molecule has 0 aliphatic heterocycles. The molecule has 4 heteroatoms. The summed E-state index contributed by atoms with van der Waals surface area (Å²) in [5.41, 5.74) is 12.7. The summed E-state index contributed by atoms with van der Waals surface area (Å²) in [5.74, 6) is 0.691. The van der Waals surface area contributed by atoms with Crippen LogP contribution in [0.25, 0.3) is 100 Å². The van der Waals surface area contributed by atoms with Crippen LogP contribution >= 0.6 is 0 Å². The van der Waals surface area contributed by atoms with E-state index in [9.17, 15) is 0 Å². The Hall–Kier alpha value is -6.78. The van der Waals surface area contributed by atoms with Crippen molar-refractivity contribution in [3.8, 4) is 56.2 Å². The predicted molar refractivity (Wildman–Crippen MR) is 204 cm³/mol. The van der Waals surface area contributed by atoms with Crippen LogP contribution in [0.5, 0.6) is 0 Å². The Morgan fingerprint density at radius 2 is 0.780 bits per heavy atom. The molecule has 0 spiro atoms. The number of rotatable bonds is 5. The van der Waals surface area contributed by atoms with Gasteiger partial charge >= 0.3 is 0 Å². The molecule has 50 heavy (non-hydrogen) atoms. The molecule has 0 N–H and O–H groups in total. The molecule has 0 radical (unpaired) electrons. The second-order valence-corrected chi connectivity index (χ2v) is 12.6. The highest BCUT2D eigenvalue weighted by molar-refractivity contribution is 6.08. The van der Waals surface area contributed by atoms with E-state index in [-0.39, 0.29) is 0 Å². The van der Waals surface area contributed by atoms with Crippen molar-refractivity contribution in [3.05, 3.63) is 170 Å². The molecular formula is C46H28N2O2. The number of para-hydroxylation sites is 2. The minimum atomic E-state index is 0.691. The van der Waals surface area contributed by atoms with E-state index in [2.05, 4.69) is 109 Å². The SMILES string of the molecule is c1ccc(-c2cc(-c3ccc(-c4ccc5oc6ccccc6c5c4)c(-c4ccc5oc6ccccc6c5c4)c3)nc(-c3ccccc3)n2)cc1. The molecule has 0 atom stereocenters. The summed E-state index contributed by atoms with van der Waals surface area (Å²) in [7, 11) is 0. The van der Waals surface area contributed by atoms with Crippen LogP contribution in [0.15, 0.2) is 179 Å². The van der Waals surface area contributed by atoms with Crippen LogP contribution in [-0.4, -0.2) is 9.97 Å². The monoisotopic (exact) mass is 640 g/mol. The zero-order valence-corrected chi connectivity index (χ0v) is 26.9. The summed E-state index contributed by atoms with van der Waals surface area (Å²) in [5, 5.41) is 4.39. The first-order valence-corrected chi connectivity index (χ1v) is 16.7. The second-order valence-electron chi connectivity index (χ2n) is 12.6. The first kappa shape index (κ1) is 28.3. The summed E-state index contributed by atoms with van der Waals surface area (Å²) in [6, 6.07) is 58.6. The van der Waals surface area contributed by atoms with Crippen molar-refractivity contribution in [1.82, 2.24) is 9.97 Å². The van der Waals surface area contributed by atoms with Gasteiger partial charge < -0.3 is 8.83 Å². The second kappa shape index (κ2) is 11.4.